The second kappa shape index (κ2) is 46.7. The molecule has 0 saturated heterocycles. The Hall–Kier alpha value is -2.82. The highest BCUT2D eigenvalue weighted by Crippen LogP contribution is 2.43. The van der Waals surface area contributed by atoms with Crippen LogP contribution in [0.2, 0.25) is 0 Å². The molecule has 11 nitrogen and oxygen atoms in total. The first kappa shape index (κ1) is 61.2. The Kier molecular flexibility index (Phi) is 44.6. The Morgan fingerprint density at radius 2 is 0.844 bits per heavy atom. The number of hydrogen-bond donors (Lipinski definition) is 2. The second-order valence-corrected chi connectivity index (χ2v) is 18.1. The fraction of sp³-hybridized carbons (Fsp3) is 0.750. The average Bonchev–Trinajstić information content (AvgIpc) is 3.28. The van der Waals surface area contributed by atoms with Crippen molar-refractivity contribution in [3.63, 3.8) is 0 Å². The highest BCUT2D eigenvalue weighted by Gasteiger charge is 2.28. The van der Waals surface area contributed by atoms with Crippen LogP contribution in [0, 0.1) is 0 Å². The number of hydrogen-bond acceptors (Lipinski definition) is 10. The van der Waals surface area contributed by atoms with Crippen LogP contribution < -0.4 is 0 Å². The summed E-state index contributed by atoms with van der Waals surface area (Å²) in [4.78, 5) is 48.2. The summed E-state index contributed by atoms with van der Waals surface area (Å²) in [7, 11) is -4.75. The van der Waals surface area contributed by atoms with Crippen molar-refractivity contribution < 1.29 is 52.2 Å². The van der Waals surface area contributed by atoms with E-state index in [1.54, 1.807) is 0 Å². The Bertz CT molecular complexity index is 1310. The minimum absolute atomic E-state index is 0.132. The average molecular weight is 923 g/mol. The van der Waals surface area contributed by atoms with Crippen LogP contribution in [-0.2, 0) is 42.2 Å². The molecule has 0 aliphatic heterocycles. The zero-order chi connectivity index (χ0) is 47.0. The first-order valence-electron chi connectivity index (χ1n) is 25.2. The molecule has 0 aliphatic carbocycles. The fourth-order valence-corrected chi connectivity index (χ4v) is 7.37. The zero-order valence-corrected chi connectivity index (χ0v) is 41.4. The summed E-state index contributed by atoms with van der Waals surface area (Å²) >= 11 is 0. The fourth-order valence-electron chi connectivity index (χ4n) is 6.58. The van der Waals surface area contributed by atoms with Crippen LogP contribution in [0.3, 0.4) is 0 Å². The number of allylic oxidation sites excluding steroid dienone is 10. The van der Waals surface area contributed by atoms with Crippen molar-refractivity contribution in [3.8, 4) is 0 Å². The van der Waals surface area contributed by atoms with E-state index in [9.17, 15) is 28.9 Å². The summed E-state index contributed by atoms with van der Waals surface area (Å²) in [5.41, 5.74) is 0. The number of phosphoric ester groups is 1. The number of ether oxygens (including phenoxy) is 3. The van der Waals surface area contributed by atoms with Crippen molar-refractivity contribution in [2.45, 2.75) is 226 Å². The molecule has 0 radical (unpaired) electrons. The van der Waals surface area contributed by atoms with Gasteiger partial charge in [-0.1, -0.05) is 178 Å². The summed E-state index contributed by atoms with van der Waals surface area (Å²) in [6.45, 7) is 4.39. The van der Waals surface area contributed by atoms with Crippen molar-refractivity contribution in [3.05, 3.63) is 60.8 Å². The molecule has 3 unspecified atom stereocenters. The topological polar surface area (TPSA) is 155 Å². The summed E-state index contributed by atoms with van der Waals surface area (Å²) in [5, 5.41) is 9.75. The molecule has 0 bridgehead atoms. The molecule has 370 valence electrons. The molecular weight excluding hydrogens is 832 g/mol. The van der Waals surface area contributed by atoms with Crippen molar-refractivity contribution in [1.82, 2.24) is 0 Å². The van der Waals surface area contributed by atoms with E-state index >= 15 is 0 Å². The maximum atomic E-state index is 12.8. The van der Waals surface area contributed by atoms with Crippen molar-refractivity contribution in [2.75, 3.05) is 26.4 Å². The van der Waals surface area contributed by atoms with E-state index in [4.69, 9.17) is 23.3 Å². The number of aliphatic hydroxyl groups is 1. The predicted molar refractivity (Wildman–Crippen MR) is 261 cm³/mol. The molecule has 0 fully saturated rings. The van der Waals surface area contributed by atoms with Crippen molar-refractivity contribution in [2.24, 2.45) is 0 Å². The van der Waals surface area contributed by atoms with E-state index in [1.165, 1.54) is 51.4 Å². The van der Waals surface area contributed by atoms with E-state index in [2.05, 4.69) is 81.5 Å². The molecule has 0 rings (SSSR count). The van der Waals surface area contributed by atoms with Crippen LogP contribution in [0.15, 0.2) is 60.8 Å². The lowest BCUT2D eigenvalue weighted by Gasteiger charge is -2.21. The second-order valence-electron chi connectivity index (χ2n) is 16.6. The number of unbranched alkanes of at least 4 members (excludes halogenated alkanes) is 19. The lowest BCUT2D eigenvalue weighted by Crippen LogP contribution is -2.30. The molecule has 0 saturated carbocycles. The lowest BCUT2D eigenvalue weighted by atomic mass is 10.1. The Labute approximate surface area is 389 Å². The normalized spacial score (nSPS) is 14.0. The van der Waals surface area contributed by atoms with E-state index in [0.717, 1.165) is 103 Å². The quantitative estimate of drug-likeness (QED) is 0.0197. The Balaban J connectivity index is 4.78. The molecule has 64 heavy (non-hydrogen) atoms. The third-order valence-corrected chi connectivity index (χ3v) is 11.4. The molecule has 0 aromatic carbocycles. The van der Waals surface area contributed by atoms with E-state index in [1.807, 2.05) is 0 Å². The van der Waals surface area contributed by atoms with Gasteiger partial charge in [0.25, 0.3) is 0 Å². The summed E-state index contributed by atoms with van der Waals surface area (Å²) in [6, 6.07) is 0. The molecular formula is C52H91O11P. The maximum Gasteiger partial charge on any atom is 0.472 e. The van der Waals surface area contributed by atoms with Gasteiger partial charge in [0.2, 0.25) is 0 Å². The SMILES string of the molecule is CC/C=C\C/C=C\C/C=C\CCCCCC(=O)OC(COC(=O)CCCCCCCCCCCCC)COP(=O)(O)OCC(CO)OC(=O)CCCCCCC/C=C\C/C=C\CCC. The molecule has 3 atom stereocenters. The minimum Gasteiger partial charge on any atom is -0.462 e. The van der Waals surface area contributed by atoms with Gasteiger partial charge in [0.1, 0.15) is 12.7 Å². The van der Waals surface area contributed by atoms with Gasteiger partial charge in [-0.25, -0.2) is 4.57 Å². The Morgan fingerprint density at radius 1 is 0.453 bits per heavy atom. The number of phosphoric acid groups is 1. The maximum absolute atomic E-state index is 12.8. The largest absolute Gasteiger partial charge is 0.472 e. The predicted octanol–water partition coefficient (Wildman–Crippen LogP) is 14.0. The van der Waals surface area contributed by atoms with Gasteiger partial charge >= 0.3 is 25.7 Å². The highest BCUT2D eigenvalue weighted by molar-refractivity contribution is 7.47. The third kappa shape index (κ3) is 44.4. The molecule has 0 spiro atoms. The van der Waals surface area contributed by atoms with Gasteiger partial charge in [-0.15, -0.1) is 0 Å². The lowest BCUT2D eigenvalue weighted by molar-refractivity contribution is -0.161. The van der Waals surface area contributed by atoms with Gasteiger partial charge in [-0.2, -0.15) is 0 Å². The first-order chi connectivity index (χ1) is 31.2. The standard InChI is InChI=1S/C52H91O11P/c1-4-7-10-13-16-19-22-24-27-30-33-36-39-42-51(55)62-48(44-53)46-60-64(57,58)61-47-49(45-59-50(54)41-38-35-32-29-26-21-18-15-12-9-6-3)63-52(56)43-40-37-34-31-28-25-23-20-17-14-11-8-5-2/h8,10-11,13,17,19-20,22,25,28,48-49,53H,4-7,9,12,14-16,18,21,23-24,26-27,29-47H2,1-3H3,(H,57,58)/b11-8-,13-10-,20-17-,22-19-,28-25-. The Morgan fingerprint density at radius 3 is 1.33 bits per heavy atom. The monoisotopic (exact) mass is 923 g/mol. The minimum atomic E-state index is -4.75. The van der Waals surface area contributed by atoms with Gasteiger partial charge in [-0.05, 0) is 77.0 Å². The van der Waals surface area contributed by atoms with Gasteiger partial charge in [0.15, 0.2) is 6.10 Å². The van der Waals surface area contributed by atoms with Crippen molar-refractivity contribution in [1.29, 1.82) is 0 Å². The summed E-state index contributed by atoms with van der Waals surface area (Å²) in [5.74, 6) is -1.51. The molecule has 2 N–H and O–H groups in total. The van der Waals surface area contributed by atoms with Gasteiger partial charge in [-0.3, -0.25) is 23.4 Å². The zero-order valence-electron chi connectivity index (χ0n) is 40.5. The van der Waals surface area contributed by atoms with Crippen LogP contribution >= 0.6 is 7.82 Å². The number of aliphatic hydroxyl groups excluding tert-OH is 1. The van der Waals surface area contributed by atoms with Gasteiger partial charge in [0.05, 0.1) is 19.8 Å². The molecule has 12 heteroatoms. The van der Waals surface area contributed by atoms with Crippen LogP contribution in [0.1, 0.15) is 213 Å². The molecule has 0 aromatic heterocycles. The number of carbonyl (C=O) groups excluding carboxylic acids is 3. The van der Waals surface area contributed by atoms with Crippen LogP contribution in [-0.4, -0.2) is 66.5 Å². The van der Waals surface area contributed by atoms with E-state index < -0.39 is 57.8 Å². The highest BCUT2D eigenvalue weighted by atomic mass is 31.2. The first-order valence-corrected chi connectivity index (χ1v) is 26.7. The van der Waals surface area contributed by atoms with E-state index in [0.29, 0.717) is 19.3 Å². The number of esters is 3. The molecule has 0 aromatic rings. The molecule has 0 aliphatic rings. The smallest absolute Gasteiger partial charge is 0.462 e. The third-order valence-electron chi connectivity index (χ3n) is 10.4. The number of rotatable bonds is 46. The molecule has 0 heterocycles. The summed E-state index contributed by atoms with van der Waals surface area (Å²) in [6.07, 6.45) is 47.7. The van der Waals surface area contributed by atoms with Gasteiger partial charge in [0, 0.05) is 19.3 Å². The summed E-state index contributed by atoms with van der Waals surface area (Å²) < 4.78 is 39.2. The van der Waals surface area contributed by atoms with E-state index in [-0.39, 0.29) is 25.9 Å². The number of carbonyl (C=O) groups is 3. The van der Waals surface area contributed by atoms with Crippen molar-refractivity contribution >= 4 is 25.7 Å². The molecule has 0 amide bonds. The van der Waals surface area contributed by atoms with Crippen LogP contribution in [0.5, 0.6) is 0 Å². The van der Waals surface area contributed by atoms with Crippen LogP contribution in [0.25, 0.3) is 0 Å². The van der Waals surface area contributed by atoms with Crippen LogP contribution in [0.4, 0.5) is 0 Å². The van der Waals surface area contributed by atoms with Gasteiger partial charge < -0.3 is 24.2 Å².